The number of piperidine rings is 1. The van der Waals surface area contributed by atoms with E-state index in [0.717, 1.165) is 18.4 Å². The number of carbonyl (C=O) groups is 2. The van der Waals surface area contributed by atoms with E-state index in [1.54, 1.807) is 22.8 Å². The number of hydrogen-bond acceptors (Lipinski definition) is 3. The SMILES string of the molecule is CNC(=O)C1CCCN(C(=O)Nc2cnn(Cc3ccccc3)c2)C1. The third-order valence-electron chi connectivity index (χ3n) is 4.40. The smallest absolute Gasteiger partial charge is 0.321 e. The maximum Gasteiger partial charge on any atom is 0.321 e. The second-order valence-electron chi connectivity index (χ2n) is 6.24. The minimum Gasteiger partial charge on any atom is -0.359 e. The highest BCUT2D eigenvalue weighted by Gasteiger charge is 2.27. The molecule has 0 bridgehead atoms. The first-order chi connectivity index (χ1) is 12.2. The number of aromatic nitrogens is 2. The Kier molecular flexibility index (Phi) is 5.33. The maximum absolute atomic E-state index is 12.4. The van der Waals surface area contributed by atoms with E-state index in [4.69, 9.17) is 0 Å². The number of anilines is 1. The van der Waals surface area contributed by atoms with Crippen molar-refractivity contribution >= 4 is 17.6 Å². The van der Waals surface area contributed by atoms with Gasteiger partial charge in [-0.2, -0.15) is 5.10 Å². The van der Waals surface area contributed by atoms with Crippen LogP contribution in [-0.2, 0) is 11.3 Å². The average Bonchev–Trinajstić information content (AvgIpc) is 3.08. The number of benzene rings is 1. The van der Waals surface area contributed by atoms with E-state index >= 15 is 0 Å². The molecule has 0 saturated carbocycles. The van der Waals surface area contributed by atoms with E-state index in [1.807, 2.05) is 36.5 Å². The van der Waals surface area contributed by atoms with Crippen molar-refractivity contribution in [2.75, 3.05) is 25.5 Å². The molecule has 3 amide bonds. The molecule has 0 spiro atoms. The summed E-state index contributed by atoms with van der Waals surface area (Å²) < 4.78 is 1.79. The molecule has 1 aromatic carbocycles. The molecule has 7 nitrogen and oxygen atoms in total. The number of hydrogen-bond donors (Lipinski definition) is 2. The molecule has 25 heavy (non-hydrogen) atoms. The van der Waals surface area contributed by atoms with Gasteiger partial charge in [0, 0.05) is 26.3 Å². The summed E-state index contributed by atoms with van der Waals surface area (Å²) in [7, 11) is 1.63. The molecule has 1 aliphatic rings. The normalized spacial score (nSPS) is 17.2. The number of rotatable bonds is 4. The Balaban J connectivity index is 1.57. The fourth-order valence-corrected chi connectivity index (χ4v) is 3.07. The van der Waals surface area contributed by atoms with Crippen molar-refractivity contribution < 1.29 is 9.59 Å². The molecule has 1 aliphatic heterocycles. The van der Waals surface area contributed by atoms with E-state index in [2.05, 4.69) is 15.7 Å². The number of likely N-dealkylation sites (tertiary alicyclic amines) is 1. The van der Waals surface area contributed by atoms with E-state index in [1.165, 1.54) is 0 Å². The molecular weight excluding hydrogens is 318 g/mol. The van der Waals surface area contributed by atoms with E-state index in [9.17, 15) is 9.59 Å². The summed E-state index contributed by atoms with van der Waals surface area (Å²) >= 11 is 0. The van der Waals surface area contributed by atoms with Crippen LogP contribution < -0.4 is 10.6 Å². The second kappa shape index (κ2) is 7.83. The van der Waals surface area contributed by atoms with Gasteiger partial charge in [-0.25, -0.2) is 4.79 Å². The molecular formula is C18H23N5O2. The summed E-state index contributed by atoms with van der Waals surface area (Å²) in [6, 6.07) is 9.83. The topological polar surface area (TPSA) is 79.3 Å². The van der Waals surface area contributed by atoms with E-state index < -0.39 is 0 Å². The molecule has 0 radical (unpaired) electrons. The minimum atomic E-state index is -0.187. The van der Waals surface area contributed by atoms with Crippen LogP contribution in [0.25, 0.3) is 0 Å². The zero-order valence-electron chi connectivity index (χ0n) is 14.3. The maximum atomic E-state index is 12.4. The first kappa shape index (κ1) is 17.0. The lowest BCUT2D eigenvalue weighted by molar-refractivity contribution is -0.125. The Morgan fingerprint density at radius 1 is 1.28 bits per heavy atom. The highest BCUT2D eigenvalue weighted by atomic mass is 16.2. The van der Waals surface area contributed by atoms with Crippen LogP contribution in [0, 0.1) is 5.92 Å². The molecule has 1 fully saturated rings. The van der Waals surface area contributed by atoms with Gasteiger partial charge in [-0.15, -0.1) is 0 Å². The molecule has 3 rings (SSSR count). The van der Waals surface area contributed by atoms with Gasteiger partial charge in [0.25, 0.3) is 0 Å². The fourth-order valence-electron chi connectivity index (χ4n) is 3.07. The van der Waals surface area contributed by atoms with E-state index in [0.29, 0.717) is 25.3 Å². The minimum absolute atomic E-state index is 0.00631. The lowest BCUT2D eigenvalue weighted by Gasteiger charge is -2.31. The van der Waals surface area contributed by atoms with Gasteiger partial charge < -0.3 is 15.5 Å². The summed E-state index contributed by atoms with van der Waals surface area (Å²) in [5.74, 6) is -0.140. The number of urea groups is 1. The van der Waals surface area contributed by atoms with E-state index in [-0.39, 0.29) is 17.9 Å². The van der Waals surface area contributed by atoms with Gasteiger partial charge in [0.15, 0.2) is 0 Å². The summed E-state index contributed by atoms with van der Waals surface area (Å²) in [5.41, 5.74) is 1.80. The first-order valence-electron chi connectivity index (χ1n) is 8.49. The molecule has 1 unspecified atom stereocenters. The predicted octanol–water partition coefficient (Wildman–Crippen LogP) is 1.92. The average molecular weight is 341 g/mol. The van der Waals surface area contributed by atoms with Crippen LogP contribution in [-0.4, -0.2) is 46.8 Å². The Bertz CT molecular complexity index is 728. The molecule has 2 aromatic rings. The lowest BCUT2D eigenvalue weighted by Crippen LogP contribution is -2.46. The van der Waals surface area contributed by atoms with Crippen molar-refractivity contribution in [1.29, 1.82) is 0 Å². The van der Waals surface area contributed by atoms with Gasteiger partial charge in [0.2, 0.25) is 5.91 Å². The lowest BCUT2D eigenvalue weighted by atomic mass is 9.97. The molecule has 1 aromatic heterocycles. The van der Waals surface area contributed by atoms with Gasteiger partial charge in [0.05, 0.1) is 24.3 Å². The first-order valence-corrected chi connectivity index (χ1v) is 8.49. The van der Waals surface area contributed by atoms with Gasteiger partial charge >= 0.3 is 6.03 Å². The monoisotopic (exact) mass is 341 g/mol. The second-order valence-corrected chi connectivity index (χ2v) is 6.24. The number of amides is 3. The number of carbonyl (C=O) groups excluding carboxylic acids is 2. The Labute approximate surface area is 147 Å². The van der Waals surface area contributed by atoms with Crippen LogP contribution in [0.5, 0.6) is 0 Å². The summed E-state index contributed by atoms with van der Waals surface area (Å²) in [5, 5.41) is 9.81. The Hall–Kier alpha value is -2.83. The summed E-state index contributed by atoms with van der Waals surface area (Å²) in [6.45, 7) is 1.76. The van der Waals surface area contributed by atoms with Crippen molar-refractivity contribution in [1.82, 2.24) is 20.0 Å². The number of nitrogens with one attached hydrogen (secondary N) is 2. The number of nitrogens with zero attached hydrogens (tertiary/aromatic N) is 3. The van der Waals surface area contributed by atoms with Crippen LogP contribution >= 0.6 is 0 Å². The summed E-state index contributed by atoms with van der Waals surface area (Å²) in [6.07, 6.45) is 5.10. The Morgan fingerprint density at radius 3 is 2.84 bits per heavy atom. The molecule has 2 N–H and O–H groups in total. The third kappa shape index (κ3) is 4.37. The van der Waals surface area contributed by atoms with Gasteiger partial charge in [-0.05, 0) is 18.4 Å². The van der Waals surface area contributed by atoms with Crippen molar-refractivity contribution in [2.24, 2.45) is 5.92 Å². The van der Waals surface area contributed by atoms with Gasteiger partial charge in [-0.3, -0.25) is 9.48 Å². The van der Waals surface area contributed by atoms with Crippen molar-refractivity contribution in [3.63, 3.8) is 0 Å². The van der Waals surface area contributed by atoms with Gasteiger partial charge in [0.1, 0.15) is 0 Å². The van der Waals surface area contributed by atoms with Crippen LogP contribution in [0.2, 0.25) is 0 Å². The molecule has 7 heteroatoms. The third-order valence-corrected chi connectivity index (χ3v) is 4.40. The van der Waals surface area contributed by atoms with Crippen molar-refractivity contribution in [3.05, 3.63) is 48.3 Å². The van der Waals surface area contributed by atoms with Gasteiger partial charge in [-0.1, -0.05) is 30.3 Å². The molecule has 1 saturated heterocycles. The Morgan fingerprint density at radius 2 is 2.08 bits per heavy atom. The van der Waals surface area contributed by atoms with Crippen molar-refractivity contribution in [2.45, 2.75) is 19.4 Å². The largest absolute Gasteiger partial charge is 0.359 e. The summed E-state index contributed by atoms with van der Waals surface area (Å²) in [4.78, 5) is 25.9. The van der Waals surface area contributed by atoms with Crippen molar-refractivity contribution in [3.8, 4) is 0 Å². The van der Waals surface area contributed by atoms with Crippen LogP contribution in [0.3, 0.4) is 0 Å². The van der Waals surface area contributed by atoms with Crippen LogP contribution in [0.1, 0.15) is 18.4 Å². The molecule has 132 valence electrons. The highest BCUT2D eigenvalue weighted by Crippen LogP contribution is 2.18. The molecule has 0 aliphatic carbocycles. The zero-order valence-corrected chi connectivity index (χ0v) is 14.3. The standard InChI is InChI=1S/C18H23N5O2/c1-19-17(24)15-8-5-9-22(12-15)18(25)21-16-10-20-23(13-16)11-14-6-3-2-4-7-14/h2-4,6-7,10,13,15H,5,8-9,11-12H2,1H3,(H,19,24)(H,21,25). The highest BCUT2D eigenvalue weighted by molar-refractivity contribution is 5.89. The quantitative estimate of drug-likeness (QED) is 0.892. The molecule has 2 heterocycles. The predicted molar refractivity (Wildman–Crippen MR) is 95.2 cm³/mol. The molecule has 1 atom stereocenters. The zero-order chi connectivity index (χ0) is 17.6. The van der Waals surface area contributed by atoms with Crippen LogP contribution in [0.15, 0.2) is 42.7 Å². The fraction of sp³-hybridized carbons (Fsp3) is 0.389. The van der Waals surface area contributed by atoms with Crippen LogP contribution in [0.4, 0.5) is 10.5 Å².